The largest absolute Gasteiger partial charge is 0.392 e. The van der Waals surface area contributed by atoms with Crippen LogP contribution in [0.4, 0.5) is 5.69 Å². The summed E-state index contributed by atoms with van der Waals surface area (Å²) in [5.41, 5.74) is 1.98. The van der Waals surface area contributed by atoms with Crippen LogP contribution in [0.1, 0.15) is 18.9 Å². The van der Waals surface area contributed by atoms with Crippen LogP contribution in [0.25, 0.3) is 0 Å². The highest BCUT2D eigenvalue weighted by Gasteiger charge is 2.03. The van der Waals surface area contributed by atoms with Crippen molar-refractivity contribution in [1.82, 2.24) is 9.78 Å². The average molecular weight is 245 g/mol. The summed E-state index contributed by atoms with van der Waals surface area (Å²) in [6.45, 7) is 3.13. The van der Waals surface area contributed by atoms with Crippen molar-refractivity contribution in [2.24, 2.45) is 0 Å². The molecule has 0 unspecified atom stereocenters. The molecule has 0 saturated carbocycles. The first-order valence-electron chi connectivity index (χ1n) is 6.21. The predicted molar refractivity (Wildman–Crippen MR) is 72.3 cm³/mol. The molecule has 1 atom stereocenters. The van der Waals surface area contributed by atoms with Gasteiger partial charge in [-0.2, -0.15) is 5.10 Å². The van der Waals surface area contributed by atoms with Gasteiger partial charge in [-0.1, -0.05) is 12.1 Å². The van der Waals surface area contributed by atoms with E-state index in [1.807, 2.05) is 41.2 Å². The molecule has 2 N–H and O–H groups in total. The zero-order valence-corrected chi connectivity index (χ0v) is 10.6. The lowest BCUT2D eigenvalue weighted by Gasteiger charge is -2.15. The minimum Gasteiger partial charge on any atom is -0.392 e. The van der Waals surface area contributed by atoms with Crippen molar-refractivity contribution >= 4 is 5.69 Å². The maximum Gasteiger partial charge on any atom is 0.0682 e. The minimum absolute atomic E-state index is 0.0805. The number of nitrogens with zero attached hydrogens (tertiary/aromatic N) is 2. The fourth-order valence-electron chi connectivity index (χ4n) is 1.87. The molecule has 1 heterocycles. The highest BCUT2D eigenvalue weighted by molar-refractivity contribution is 5.46. The highest BCUT2D eigenvalue weighted by Crippen LogP contribution is 2.13. The summed E-state index contributed by atoms with van der Waals surface area (Å²) >= 11 is 0. The number of aliphatic hydroxyl groups excluding tert-OH is 1. The van der Waals surface area contributed by atoms with Crippen LogP contribution in [0, 0.1) is 0 Å². The molecule has 0 aliphatic heterocycles. The molecule has 0 radical (unpaired) electrons. The summed E-state index contributed by atoms with van der Waals surface area (Å²) < 4.78 is 1.93. The summed E-state index contributed by atoms with van der Waals surface area (Å²) in [4.78, 5) is 0. The van der Waals surface area contributed by atoms with Gasteiger partial charge in [0.05, 0.1) is 6.61 Å². The molecular weight excluding hydrogens is 226 g/mol. The number of nitrogens with one attached hydrogen (secondary N) is 1. The summed E-state index contributed by atoms with van der Waals surface area (Å²) in [6.07, 6.45) is 4.77. The predicted octanol–water partition coefficient (Wildman–Crippen LogP) is 2.27. The van der Waals surface area contributed by atoms with Gasteiger partial charge in [0.15, 0.2) is 0 Å². The Hall–Kier alpha value is -1.81. The maximum absolute atomic E-state index is 9.09. The number of aryl methyl sites for hydroxylation is 1. The molecule has 0 saturated heterocycles. The molecule has 0 bridgehead atoms. The van der Waals surface area contributed by atoms with Gasteiger partial charge in [-0.25, -0.2) is 0 Å². The topological polar surface area (TPSA) is 50.1 Å². The minimum atomic E-state index is 0.0805. The van der Waals surface area contributed by atoms with E-state index >= 15 is 0 Å². The monoisotopic (exact) mass is 245 g/mol. The molecule has 0 aliphatic rings. The van der Waals surface area contributed by atoms with Gasteiger partial charge in [0.2, 0.25) is 0 Å². The van der Waals surface area contributed by atoms with Gasteiger partial charge >= 0.3 is 0 Å². The van der Waals surface area contributed by atoms with Gasteiger partial charge in [0, 0.05) is 30.7 Å². The number of aliphatic hydroxyl groups is 1. The molecule has 1 aromatic carbocycles. The van der Waals surface area contributed by atoms with Gasteiger partial charge in [-0.05, 0) is 37.1 Å². The third-order valence-electron chi connectivity index (χ3n) is 2.87. The number of anilines is 1. The third kappa shape index (κ3) is 3.60. The van der Waals surface area contributed by atoms with Gasteiger partial charge in [-0.15, -0.1) is 0 Å². The Morgan fingerprint density at radius 1 is 1.39 bits per heavy atom. The molecule has 2 aromatic rings. The van der Waals surface area contributed by atoms with Gasteiger partial charge in [-0.3, -0.25) is 4.68 Å². The van der Waals surface area contributed by atoms with E-state index in [4.69, 9.17) is 5.11 Å². The van der Waals surface area contributed by atoms with Crippen molar-refractivity contribution in [3.8, 4) is 0 Å². The second-order valence-electron chi connectivity index (χ2n) is 4.46. The van der Waals surface area contributed by atoms with Crippen molar-refractivity contribution in [2.75, 3.05) is 5.32 Å². The maximum atomic E-state index is 9.09. The zero-order valence-electron chi connectivity index (χ0n) is 10.6. The molecule has 0 spiro atoms. The van der Waals surface area contributed by atoms with Crippen LogP contribution < -0.4 is 5.32 Å². The van der Waals surface area contributed by atoms with E-state index in [1.54, 1.807) is 6.20 Å². The number of aromatic nitrogens is 2. The van der Waals surface area contributed by atoms with Gasteiger partial charge in [0.25, 0.3) is 0 Å². The second kappa shape index (κ2) is 6.21. The van der Waals surface area contributed by atoms with Crippen LogP contribution in [0.3, 0.4) is 0 Å². The van der Waals surface area contributed by atoms with E-state index in [9.17, 15) is 0 Å². The van der Waals surface area contributed by atoms with Crippen LogP contribution in [0.2, 0.25) is 0 Å². The number of rotatable bonds is 6. The SMILES string of the molecule is C[C@@H](CCn1cccn1)Nc1cccc(CO)c1. The standard InChI is InChI=1S/C14H19N3O/c1-12(6-9-17-8-3-7-15-17)16-14-5-2-4-13(10-14)11-18/h2-5,7-8,10,12,16,18H,6,9,11H2,1H3/t12-/m0/s1. The highest BCUT2D eigenvalue weighted by atomic mass is 16.3. The molecule has 1 aromatic heterocycles. The summed E-state index contributed by atoms with van der Waals surface area (Å²) in [7, 11) is 0. The zero-order chi connectivity index (χ0) is 12.8. The summed E-state index contributed by atoms with van der Waals surface area (Å²) in [5.74, 6) is 0. The van der Waals surface area contributed by atoms with Crippen molar-refractivity contribution < 1.29 is 5.11 Å². The van der Waals surface area contributed by atoms with Crippen LogP contribution in [-0.4, -0.2) is 20.9 Å². The quantitative estimate of drug-likeness (QED) is 0.820. The van der Waals surface area contributed by atoms with Crippen molar-refractivity contribution in [3.05, 3.63) is 48.3 Å². The third-order valence-corrected chi connectivity index (χ3v) is 2.87. The fraction of sp³-hybridized carbons (Fsp3) is 0.357. The van der Waals surface area contributed by atoms with Gasteiger partial charge < -0.3 is 10.4 Å². The van der Waals surface area contributed by atoms with Crippen LogP contribution in [0.5, 0.6) is 0 Å². The van der Waals surface area contributed by atoms with Crippen LogP contribution in [-0.2, 0) is 13.2 Å². The summed E-state index contributed by atoms with van der Waals surface area (Å²) in [6, 6.07) is 10.2. The first-order valence-corrected chi connectivity index (χ1v) is 6.21. The van der Waals surface area contributed by atoms with Crippen molar-refractivity contribution in [2.45, 2.75) is 32.5 Å². The second-order valence-corrected chi connectivity index (χ2v) is 4.46. The Balaban J connectivity index is 1.84. The Kier molecular flexibility index (Phi) is 4.36. The Morgan fingerprint density at radius 3 is 3.00 bits per heavy atom. The van der Waals surface area contributed by atoms with Crippen LogP contribution >= 0.6 is 0 Å². The molecular formula is C14H19N3O. The molecule has 2 rings (SSSR count). The molecule has 4 nitrogen and oxygen atoms in total. The van der Waals surface area contributed by atoms with E-state index < -0.39 is 0 Å². The summed E-state index contributed by atoms with van der Waals surface area (Å²) in [5, 5.41) is 16.7. The molecule has 0 amide bonds. The van der Waals surface area contributed by atoms with E-state index in [0.717, 1.165) is 24.2 Å². The Morgan fingerprint density at radius 2 is 2.28 bits per heavy atom. The number of hydrogen-bond donors (Lipinski definition) is 2. The van der Waals surface area contributed by atoms with E-state index in [2.05, 4.69) is 17.3 Å². The molecule has 96 valence electrons. The van der Waals surface area contributed by atoms with Crippen molar-refractivity contribution in [1.29, 1.82) is 0 Å². The molecule has 0 fully saturated rings. The lowest BCUT2D eigenvalue weighted by atomic mass is 10.2. The normalized spacial score (nSPS) is 12.3. The van der Waals surface area contributed by atoms with Crippen molar-refractivity contribution in [3.63, 3.8) is 0 Å². The van der Waals surface area contributed by atoms with Gasteiger partial charge in [0.1, 0.15) is 0 Å². The number of benzene rings is 1. The lowest BCUT2D eigenvalue weighted by molar-refractivity contribution is 0.282. The average Bonchev–Trinajstić information content (AvgIpc) is 2.90. The number of hydrogen-bond acceptors (Lipinski definition) is 3. The molecule has 4 heteroatoms. The smallest absolute Gasteiger partial charge is 0.0682 e. The molecule has 0 aliphatic carbocycles. The Bertz CT molecular complexity index is 468. The van der Waals surface area contributed by atoms with Crippen LogP contribution in [0.15, 0.2) is 42.7 Å². The fourth-order valence-corrected chi connectivity index (χ4v) is 1.87. The molecule has 18 heavy (non-hydrogen) atoms. The van der Waals surface area contributed by atoms with E-state index in [-0.39, 0.29) is 6.61 Å². The first-order chi connectivity index (χ1) is 8.78. The first kappa shape index (κ1) is 12.6. The van der Waals surface area contributed by atoms with E-state index in [1.165, 1.54) is 0 Å². The lowest BCUT2D eigenvalue weighted by Crippen LogP contribution is -2.18. The Labute approximate surface area is 107 Å². The van der Waals surface area contributed by atoms with E-state index in [0.29, 0.717) is 6.04 Å².